The smallest absolute Gasteiger partial charge is 0.329 e. The molecule has 0 aliphatic carbocycles. The van der Waals surface area contributed by atoms with Gasteiger partial charge >= 0.3 is 5.97 Å². The second-order valence-corrected chi connectivity index (χ2v) is 6.68. The zero-order valence-corrected chi connectivity index (χ0v) is 15.9. The number of amides is 2. The lowest BCUT2D eigenvalue weighted by Gasteiger charge is -2.34. The molecule has 1 aliphatic rings. The molecule has 0 spiro atoms. The van der Waals surface area contributed by atoms with Crippen molar-refractivity contribution in [3.05, 3.63) is 35.4 Å². The highest BCUT2D eigenvalue weighted by Gasteiger charge is 2.29. The topological polar surface area (TPSA) is 132 Å². The van der Waals surface area contributed by atoms with Gasteiger partial charge in [-0.3, -0.25) is 9.59 Å². The average molecular weight is 390 g/mol. The Morgan fingerprint density at radius 2 is 1.93 bits per heavy atom. The number of carbonyl (C=O) groups is 3. The number of carboxylic acid groups (broad SMARTS) is 1. The molecule has 3 N–H and O–H groups in total. The molecule has 152 valence electrons. The van der Waals surface area contributed by atoms with E-state index in [-0.39, 0.29) is 31.1 Å². The minimum atomic E-state index is -1.01. The van der Waals surface area contributed by atoms with Gasteiger partial charge in [-0.2, -0.15) is 5.11 Å². The van der Waals surface area contributed by atoms with E-state index in [1.807, 2.05) is 6.92 Å². The lowest BCUT2D eigenvalue weighted by Crippen LogP contribution is -2.51. The van der Waals surface area contributed by atoms with Gasteiger partial charge in [0.15, 0.2) is 0 Å². The Labute approximate surface area is 163 Å². The third kappa shape index (κ3) is 6.12. The van der Waals surface area contributed by atoms with Gasteiger partial charge in [0.2, 0.25) is 5.91 Å². The quantitative estimate of drug-likeness (QED) is 0.553. The molecule has 0 radical (unpaired) electrons. The number of rotatable bonds is 9. The average Bonchev–Trinajstić information content (AvgIpc) is 2.71. The number of benzene rings is 1. The van der Waals surface area contributed by atoms with E-state index >= 15 is 0 Å². The predicted molar refractivity (Wildman–Crippen MR) is 100 cm³/mol. The summed E-state index contributed by atoms with van der Waals surface area (Å²) in [6.45, 7) is 2.72. The first-order valence-electron chi connectivity index (χ1n) is 9.29. The molecule has 2 rings (SSSR count). The summed E-state index contributed by atoms with van der Waals surface area (Å²) in [5.74, 6) is -1.47. The molecule has 1 fully saturated rings. The molecule has 0 unspecified atom stereocenters. The van der Waals surface area contributed by atoms with Crippen molar-refractivity contribution in [2.75, 3.05) is 19.7 Å². The predicted octanol–water partition coefficient (Wildman–Crippen LogP) is 1.82. The maximum Gasteiger partial charge on any atom is 0.329 e. The molecule has 2 amide bonds. The Balaban J connectivity index is 1.88. The van der Waals surface area contributed by atoms with Crippen LogP contribution in [0, 0.1) is 5.53 Å². The number of carbonyl (C=O) groups excluding carboxylic acids is 2. The van der Waals surface area contributed by atoms with Crippen LogP contribution in [0.2, 0.25) is 0 Å². The third-order valence-electron chi connectivity index (χ3n) is 4.69. The van der Waals surface area contributed by atoms with Crippen LogP contribution >= 0.6 is 0 Å². The number of piperidine rings is 1. The second-order valence-electron chi connectivity index (χ2n) is 6.68. The Kier molecular flexibility index (Phi) is 8.06. The van der Waals surface area contributed by atoms with Crippen molar-refractivity contribution < 1.29 is 24.2 Å². The van der Waals surface area contributed by atoms with Gasteiger partial charge in [-0.25, -0.2) is 10.3 Å². The van der Waals surface area contributed by atoms with Crippen LogP contribution in [0.3, 0.4) is 0 Å². The van der Waals surface area contributed by atoms with Crippen LogP contribution in [0.15, 0.2) is 29.4 Å². The fourth-order valence-electron chi connectivity index (χ4n) is 3.09. The molecule has 1 aliphatic heterocycles. The molecule has 1 heterocycles. The third-order valence-corrected chi connectivity index (χ3v) is 4.69. The van der Waals surface area contributed by atoms with Crippen molar-refractivity contribution >= 4 is 17.8 Å². The normalized spacial score (nSPS) is 15.7. The highest BCUT2D eigenvalue weighted by Crippen LogP contribution is 2.15. The zero-order chi connectivity index (χ0) is 20.5. The first-order chi connectivity index (χ1) is 13.4. The van der Waals surface area contributed by atoms with Crippen LogP contribution in [-0.4, -0.2) is 59.6 Å². The number of hydrogen-bond donors (Lipinski definition) is 3. The summed E-state index contributed by atoms with van der Waals surface area (Å²) in [5.41, 5.74) is 8.15. The summed E-state index contributed by atoms with van der Waals surface area (Å²) in [4.78, 5) is 37.5. The fourth-order valence-corrected chi connectivity index (χ4v) is 3.09. The van der Waals surface area contributed by atoms with Gasteiger partial charge in [-0.1, -0.05) is 19.1 Å². The van der Waals surface area contributed by atoms with Crippen LogP contribution in [0.25, 0.3) is 0 Å². The largest absolute Gasteiger partial charge is 0.480 e. The van der Waals surface area contributed by atoms with Crippen LogP contribution < -0.4 is 5.32 Å². The molecular weight excluding hydrogens is 364 g/mol. The van der Waals surface area contributed by atoms with E-state index in [1.54, 1.807) is 29.2 Å². The molecule has 9 nitrogen and oxygen atoms in total. The minimum Gasteiger partial charge on any atom is -0.480 e. The Morgan fingerprint density at radius 1 is 1.29 bits per heavy atom. The van der Waals surface area contributed by atoms with Crippen molar-refractivity contribution in [2.24, 2.45) is 5.11 Å². The maximum absolute atomic E-state index is 12.8. The molecule has 1 aromatic carbocycles. The summed E-state index contributed by atoms with van der Waals surface area (Å²) < 4.78 is 5.28. The monoisotopic (exact) mass is 390 g/mol. The summed E-state index contributed by atoms with van der Waals surface area (Å²) in [7, 11) is 0. The van der Waals surface area contributed by atoms with Crippen LogP contribution in [0.5, 0.6) is 0 Å². The standard InChI is InChI=1S/C19H26N4O5/c1-2-16(22-18(26)14-5-3-13(4-6-14)11-21-20)19(27)23-9-7-15(8-10-23)28-12-17(24)25/h3-6,15-16,20H,2,7-12H2,1H3,(H,22,26)(H,24,25)/t16-/m0/s1. The molecule has 0 bridgehead atoms. The van der Waals surface area contributed by atoms with Crippen molar-refractivity contribution in [3.63, 3.8) is 0 Å². The van der Waals surface area contributed by atoms with E-state index in [0.717, 1.165) is 5.56 Å². The molecule has 1 aromatic rings. The molecule has 0 saturated carbocycles. The molecular formula is C19H26N4O5. The van der Waals surface area contributed by atoms with E-state index < -0.39 is 12.0 Å². The van der Waals surface area contributed by atoms with Gasteiger partial charge in [-0.15, -0.1) is 0 Å². The van der Waals surface area contributed by atoms with Gasteiger partial charge < -0.3 is 20.1 Å². The number of aliphatic carboxylic acids is 1. The van der Waals surface area contributed by atoms with Crippen molar-refractivity contribution in [3.8, 4) is 0 Å². The van der Waals surface area contributed by atoms with Crippen LogP contribution in [0.1, 0.15) is 42.1 Å². The number of nitrogens with one attached hydrogen (secondary N) is 2. The summed E-state index contributed by atoms with van der Waals surface area (Å²) in [5, 5.41) is 14.8. The number of carboxylic acids is 1. The van der Waals surface area contributed by atoms with E-state index in [4.69, 9.17) is 15.4 Å². The number of ether oxygens (including phenoxy) is 1. The molecule has 0 aromatic heterocycles. The first-order valence-corrected chi connectivity index (χ1v) is 9.29. The molecule has 9 heteroatoms. The van der Waals surface area contributed by atoms with E-state index in [2.05, 4.69) is 10.4 Å². The van der Waals surface area contributed by atoms with Gasteiger partial charge in [0.1, 0.15) is 12.6 Å². The van der Waals surface area contributed by atoms with Crippen LogP contribution in [0.4, 0.5) is 0 Å². The summed E-state index contributed by atoms with van der Waals surface area (Å²) in [6, 6.07) is 6.15. The number of likely N-dealkylation sites (tertiary alicyclic amines) is 1. The minimum absolute atomic E-state index is 0.142. The van der Waals surface area contributed by atoms with Crippen molar-refractivity contribution in [1.82, 2.24) is 10.2 Å². The number of nitrogens with zero attached hydrogens (tertiary/aromatic N) is 2. The van der Waals surface area contributed by atoms with Crippen molar-refractivity contribution in [1.29, 1.82) is 5.53 Å². The Morgan fingerprint density at radius 3 is 2.46 bits per heavy atom. The first kappa shape index (κ1) is 21.5. The van der Waals surface area contributed by atoms with Crippen LogP contribution in [-0.2, 0) is 20.9 Å². The van der Waals surface area contributed by atoms with Gasteiger partial charge in [-0.05, 0) is 37.0 Å². The second kappa shape index (κ2) is 10.5. The maximum atomic E-state index is 12.8. The molecule has 1 saturated heterocycles. The lowest BCUT2D eigenvalue weighted by molar-refractivity contribution is -0.147. The highest BCUT2D eigenvalue weighted by atomic mass is 16.5. The van der Waals surface area contributed by atoms with Gasteiger partial charge in [0.25, 0.3) is 5.91 Å². The molecule has 1 atom stereocenters. The van der Waals surface area contributed by atoms with E-state index in [1.165, 1.54) is 0 Å². The van der Waals surface area contributed by atoms with Gasteiger partial charge in [0, 0.05) is 18.7 Å². The SMILES string of the molecule is CC[C@H](NC(=O)c1ccc(CN=N)cc1)C(=O)N1CCC(OCC(=O)O)CC1. The summed E-state index contributed by atoms with van der Waals surface area (Å²) >= 11 is 0. The summed E-state index contributed by atoms with van der Waals surface area (Å²) in [6.07, 6.45) is 1.46. The molecule has 28 heavy (non-hydrogen) atoms. The number of hydrogen-bond acceptors (Lipinski definition) is 6. The Hall–Kier alpha value is -2.81. The zero-order valence-electron chi connectivity index (χ0n) is 15.9. The highest BCUT2D eigenvalue weighted by molar-refractivity contribution is 5.97. The van der Waals surface area contributed by atoms with E-state index in [9.17, 15) is 14.4 Å². The Bertz CT molecular complexity index is 699. The van der Waals surface area contributed by atoms with Gasteiger partial charge in [0.05, 0.1) is 12.6 Å². The van der Waals surface area contributed by atoms with E-state index in [0.29, 0.717) is 37.9 Å². The lowest BCUT2D eigenvalue weighted by atomic mass is 10.1. The van der Waals surface area contributed by atoms with Crippen molar-refractivity contribution in [2.45, 2.75) is 44.9 Å². The fraction of sp³-hybridized carbons (Fsp3) is 0.526.